The van der Waals surface area contributed by atoms with Gasteiger partial charge in [0.05, 0.1) is 13.2 Å². The van der Waals surface area contributed by atoms with E-state index < -0.39 is 18.0 Å². The van der Waals surface area contributed by atoms with Crippen LogP contribution < -0.4 is 14.8 Å². The van der Waals surface area contributed by atoms with Crippen molar-refractivity contribution in [1.29, 1.82) is 0 Å². The molecule has 3 aromatic carbocycles. The number of ether oxygens (including phenoxy) is 2. The van der Waals surface area contributed by atoms with E-state index in [0.717, 1.165) is 0 Å². The van der Waals surface area contributed by atoms with E-state index in [-0.39, 0.29) is 24.4 Å². The van der Waals surface area contributed by atoms with Crippen molar-refractivity contribution >= 4 is 11.8 Å². The van der Waals surface area contributed by atoms with Crippen LogP contribution in [0.15, 0.2) is 61.2 Å². The number of carbonyl (C=O) groups is 2. The molecule has 1 saturated heterocycles. The Balaban J connectivity index is 1.45. The molecule has 1 fully saturated rings. The van der Waals surface area contributed by atoms with E-state index in [4.69, 9.17) is 9.47 Å². The summed E-state index contributed by atoms with van der Waals surface area (Å²) in [5, 5.41) is 13.3. The molecule has 43 heavy (non-hydrogen) atoms. The molecule has 2 N–H and O–H groups in total. The van der Waals surface area contributed by atoms with Gasteiger partial charge in [0.2, 0.25) is 5.91 Å². The fraction of sp³-hybridized carbons (Fsp3) is 0.353. The highest BCUT2D eigenvalue weighted by Gasteiger charge is 2.29. The van der Waals surface area contributed by atoms with Crippen LogP contribution in [0.3, 0.4) is 0 Å². The van der Waals surface area contributed by atoms with Gasteiger partial charge in [-0.2, -0.15) is 0 Å². The maximum absolute atomic E-state index is 14.5. The van der Waals surface area contributed by atoms with E-state index in [1.54, 1.807) is 68.3 Å². The van der Waals surface area contributed by atoms with Crippen LogP contribution in [0.4, 0.5) is 4.39 Å². The van der Waals surface area contributed by atoms with Gasteiger partial charge in [0.25, 0.3) is 5.91 Å². The molecule has 9 heteroatoms. The summed E-state index contributed by atoms with van der Waals surface area (Å²) in [5.41, 5.74) is 2.69. The topological polar surface area (TPSA) is 91.3 Å². The molecule has 226 valence electrons. The zero-order chi connectivity index (χ0) is 31.1. The smallest absolute Gasteiger partial charge is 0.251 e. The summed E-state index contributed by atoms with van der Waals surface area (Å²) in [4.78, 5) is 29.1. The van der Waals surface area contributed by atoms with Crippen molar-refractivity contribution in [2.45, 2.75) is 39.0 Å². The molecule has 8 nitrogen and oxygen atoms in total. The quantitative estimate of drug-likeness (QED) is 0.324. The Labute approximate surface area is 252 Å². The summed E-state index contributed by atoms with van der Waals surface area (Å²) in [6.45, 7) is 11.3. The summed E-state index contributed by atoms with van der Waals surface area (Å²) >= 11 is 0. The summed E-state index contributed by atoms with van der Waals surface area (Å²) in [7, 11) is 1.57. The van der Waals surface area contributed by atoms with E-state index >= 15 is 0 Å². The highest BCUT2D eigenvalue weighted by molar-refractivity contribution is 5.95. The number of nitrogens with one attached hydrogen (secondary N) is 1. The average molecular weight is 588 g/mol. The van der Waals surface area contributed by atoms with E-state index in [9.17, 15) is 19.1 Å². The molecule has 2 amide bonds. The predicted octanol–water partition coefficient (Wildman–Crippen LogP) is 4.35. The molecule has 4 rings (SSSR count). The molecular weight excluding hydrogens is 549 g/mol. The molecule has 1 heterocycles. The Bertz CT molecular complexity index is 1440. The summed E-state index contributed by atoms with van der Waals surface area (Å²) in [6.07, 6.45) is -0.118. The number of aliphatic hydroxyl groups is 1. The standard InChI is InChI=1S/C34H38FN3O5/c1-6-33(40)38-16-15-37(20-24(38)4)21-32(26-8-7-22(2)30(35)18-26)43-28-13-14-29(23(3)17-28)34(41)36-19-31(39)25-9-11-27(42-5)12-10-25/h6,9-14,17-18,24,31-32,39H,1,15-16,19-21H2,2-5H3,(H,36,41)/t24-,31+,32-/m1/s1. The van der Waals surface area contributed by atoms with E-state index in [2.05, 4.69) is 28.9 Å². The lowest BCUT2D eigenvalue weighted by molar-refractivity contribution is -0.130. The van der Waals surface area contributed by atoms with E-state index in [1.165, 1.54) is 12.1 Å². The number of methoxy groups -OCH3 is 1. The number of aryl methyl sites for hydroxylation is 1. The van der Waals surface area contributed by atoms with Gasteiger partial charge in [0.1, 0.15) is 23.4 Å². The van der Waals surface area contributed by atoms with Crippen molar-refractivity contribution in [2.75, 3.05) is 39.8 Å². The van der Waals surface area contributed by atoms with Crippen molar-refractivity contribution in [3.05, 3.63) is 107 Å². The van der Waals surface area contributed by atoms with Gasteiger partial charge < -0.3 is 24.8 Å². The zero-order valence-electron chi connectivity index (χ0n) is 25.0. The number of nitrogens with zero attached hydrogens (tertiary/aromatic N) is 2. The average Bonchev–Trinajstić information content (AvgIpc) is 3.00. The van der Waals surface area contributed by atoms with Crippen molar-refractivity contribution in [2.24, 2.45) is 0 Å². The van der Waals surface area contributed by atoms with Gasteiger partial charge in [-0.3, -0.25) is 14.5 Å². The van der Waals surface area contributed by atoms with Crippen LogP contribution in [0.2, 0.25) is 0 Å². The number of halogens is 1. The lowest BCUT2D eigenvalue weighted by atomic mass is 10.1. The maximum Gasteiger partial charge on any atom is 0.251 e. The lowest BCUT2D eigenvalue weighted by Gasteiger charge is -2.40. The van der Waals surface area contributed by atoms with Crippen LogP contribution >= 0.6 is 0 Å². The number of hydrogen-bond donors (Lipinski definition) is 2. The zero-order valence-corrected chi connectivity index (χ0v) is 25.0. The Morgan fingerprint density at radius 2 is 1.86 bits per heavy atom. The van der Waals surface area contributed by atoms with Crippen LogP contribution in [0.5, 0.6) is 11.5 Å². The van der Waals surface area contributed by atoms with Crippen LogP contribution in [0, 0.1) is 31.8 Å². The first-order valence-electron chi connectivity index (χ1n) is 14.2. The minimum absolute atomic E-state index is 0.0199. The summed E-state index contributed by atoms with van der Waals surface area (Å²) in [5.74, 6) is 0.383. The highest BCUT2D eigenvalue weighted by Crippen LogP contribution is 2.27. The van der Waals surface area contributed by atoms with Gasteiger partial charge >= 0.3 is 0 Å². The monoisotopic (exact) mass is 587 g/mol. The molecule has 0 unspecified atom stereocenters. The van der Waals surface area contributed by atoms with Crippen LogP contribution in [0.1, 0.15) is 51.7 Å². The Hall–Kier alpha value is -4.39. The van der Waals surface area contributed by atoms with Crippen molar-refractivity contribution in [1.82, 2.24) is 15.1 Å². The Morgan fingerprint density at radius 1 is 1.14 bits per heavy atom. The molecule has 3 aromatic rings. The minimum Gasteiger partial charge on any atom is -0.497 e. The minimum atomic E-state index is -0.874. The molecule has 0 saturated carbocycles. The first kappa shape index (κ1) is 31.5. The molecule has 0 spiro atoms. The molecule has 3 atom stereocenters. The predicted molar refractivity (Wildman–Crippen MR) is 161 cm³/mol. The second kappa shape index (κ2) is 14.2. The number of piperazine rings is 1. The van der Waals surface area contributed by atoms with Gasteiger partial charge in [-0.1, -0.05) is 30.8 Å². The fourth-order valence-electron chi connectivity index (χ4n) is 5.11. The Kier molecular flexibility index (Phi) is 10.4. The number of rotatable bonds is 11. The number of aliphatic hydroxyl groups excluding tert-OH is 1. The number of benzene rings is 2. The normalized spacial score (nSPS) is 16.5. The van der Waals surface area contributed by atoms with Crippen LogP contribution in [-0.2, 0) is 4.79 Å². The van der Waals surface area contributed by atoms with E-state index in [1.807, 2.05) is 6.92 Å². The first-order chi connectivity index (χ1) is 20.6. The van der Waals surface area contributed by atoms with Crippen molar-refractivity contribution in [3.8, 4) is 11.5 Å². The number of carbonyl (C=O) groups excluding carboxylic acids is 2. The summed E-state index contributed by atoms with van der Waals surface area (Å²) < 4.78 is 26.1. The van der Waals surface area contributed by atoms with Gasteiger partial charge in [0.15, 0.2) is 0 Å². The largest absolute Gasteiger partial charge is 0.497 e. The van der Waals surface area contributed by atoms with Crippen molar-refractivity contribution < 1.29 is 28.6 Å². The highest BCUT2D eigenvalue weighted by atomic mass is 19.1. The molecule has 0 bridgehead atoms. The van der Waals surface area contributed by atoms with Gasteiger partial charge in [0, 0.05) is 55.5 Å². The molecule has 1 aliphatic rings. The fourth-order valence-corrected chi connectivity index (χ4v) is 5.11. The number of amides is 2. The summed E-state index contributed by atoms with van der Waals surface area (Å²) in [6, 6.07) is 19.4. The second-order valence-electron chi connectivity index (χ2n) is 10.7. The van der Waals surface area contributed by atoms with Crippen LogP contribution in [0.25, 0.3) is 0 Å². The van der Waals surface area contributed by atoms with Crippen LogP contribution in [-0.4, -0.2) is 72.6 Å². The molecule has 0 aliphatic carbocycles. The second-order valence-corrected chi connectivity index (χ2v) is 10.7. The third-order valence-electron chi connectivity index (χ3n) is 7.65. The van der Waals surface area contributed by atoms with E-state index in [0.29, 0.717) is 65.5 Å². The van der Waals surface area contributed by atoms with Gasteiger partial charge in [-0.25, -0.2) is 4.39 Å². The molecule has 0 radical (unpaired) electrons. The third-order valence-corrected chi connectivity index (χ3v) is 7.65. The maximum atomic E-state index is 14.5. The Morgan fingerprint density at radius 3 is 2.49 bits per heavy atom. The lowest BCUT2D eigenvalue weighted by Crippen LogP contribution is -2.54. The first-order valence-corrected chi connectivity index (χ1v) is 14.2. The van der Waals surface area contributed by atoms with Gasteiger partial charge in [-0.15, -0.1) is 0 Å². The molecule has 0 aromatic heterocycles. The SMILES string of the molecule is C=CC(=O)N1CCN(C[C@@H](Oc2ccc(C(=O)NC[C@H](O)c3ccc(OC)cc3)c(C)c2)c2c#cc(C)c(F)c2)C[C@H]1C. The van der Waals surface area contributed by atoms with Gasteiger partial charge in [-0.05, 0) is 74.4 Å². The number of hydrogen-bond acceptors (Lipinski definition) is 6. The molecular formula is C34H38FN3O5. The molecule has 1 aliphatic heterocycles. The van der Waals surface area contributed by atoms with Crippen molar-refractivity contribution in [3.63, 3.8) is 0 Å². The third kappa shape index (κ3) is 7.92.